The normalized spacial score (nSPS) is 32.2. The SMILES string of the molecule is CC.O=C1NC(=O)C2CNCC12. The van der Waals surface area contributed by atoms with Gasteiger partial charge in [-0.3, -0.25) is 14.9 Å². The second-order valence-corrected chi connectivity index (χ2v) is 2.72. The molecular weight excluding hydrogens is 156 g/mol. The largest absolute Gasteiger partial charge is 0.315 e. The van der Waals surface area contributed by atoms with Gasteiger partial charge in [0.15, 0.2) is 0 Å². The molecular formula is C8H14N2O2. The third-order valence-corrected chi connectivity index (χ3v) is 2.13. The van der Waals surface area contributed by atoms with Crippen molar-refractivity contribution >= 4 is 11.8 Å². The number of amides is 2. The van der Waals surface area contributed by atoms with Crippen molar-refractivity contribution in [1.82, 2.24) is 10.6 Å². The molecule has 2 N–H and O–H groups in total. The molecule has 0 bridgehead atoms. The molecule has 4 heteroatoms. The summed E-state index contributed by atoms with van der Waals surface area (Å²) in [5.74, 6) is -0.403. The fourth-order valence-corrected chi connectivity index (χ4v) is 1.54. The van der Waals surface area contributed by atoms with E-state index in [-0.39, 0.29) is 23.7 Å². The molecule has 2 saturated heterocycles. The Morgan fingerprint density at radius 1 is 1.08 bits per heavy atom. The van der Waals surface area contributed by atoms with Crippen molar-refractivity contribution in [1.29, 1.82) is 0 Å². The van der Waals surface area contributed by atoms with Gasteiger partial charge in [0.1, 0.15) is 0 Å². The van der Waals surface area contributed by atoms with Gasteiger partial charge in [0.05, 0.1) is 11.8 Å². The number of carbonyl (C=O) groups excluding carboxylic acids is 2. The van der Waals surface area contributed by atoms with Crippen LogP contribution in [-0.4, -0.2) is 24.9 Å². The predicted octanol–water partition coefficient (Wildman–Crippen LogP) is -0.495. The molecule has 0 saturated carbocycles. The Bertz CT molecular complexity index is 183. The van der Waals surface area contributed by atoms with E-state index < -0.39 is 0 Å². The van der Waals surface area contributed by atoms with Crippen molar-refractivity contribution in [3.63, 3.8) is 0 Å². The molecule has 2 amide bonds. The van der Waals surface area contributed by atoms with Crippen LogP contribution in [-0.2, 0) is 9.59 Å². The Morgan fingerprint density at radius 3 is 1.92 bits per heavy atom. The standard InChI is InChI=1S/C6H8N2O2.C2H6/c9-5-3-1-7-2-4(3)6(10)8-5;1-2/h3-4,7H,1-2H2,(H,8,9,10);1-2H3. The van der Waals surface area contributed by atoms with Gasteiger partial charge in [-0.2, -0.15) is 0 Å². The molecule has 0 aromatic rings. The zero-order valence-corrected chi connectivity index (χ0v) is 7.39. The number of hydrogen-bond donors (Lipinski definition) is 2. The van der Waals surface area contributed by atoms with Crippen molar-refractivity contribution < 1.29 is 9.59 Å². The highest BCUT2D eigenvalue weighted by atomic mass is 16.2. The number of rotatable bonds is 0. The van der Waals surface area contributed by atoms with Crippen LogP contribution in [0.3, 0.4) is 0 Å². The van der Waals surface area contributed by atoms with Gasteiger partial charge in [0, 0.05) is 13.1 Å². The molecule has 0 aliphatic carbocycles. The second kappa shape index (κ2) is 3.67. The summed E-state index contributed by atoms with van der Waals surface area (Å²) in [4.78, 5) is 21.8. The fourth-order valence-electron chi connectivity index (χ4n) is 1.54. The summed E-state index contributed by atoms with van der Waals surface area (Å²) in [6.45, 7) is 5.31. The van der Waals surface area contributed by atoms with Gasteiger partial charge in [0.25, 0.3) is 0 Å². The average Bonchev–Trinajstić information content (AvgIpc) is 2.62. The molecule has 2 fully saturated rings. The highest BCUT2D eigenvalue weighted by molar-refractivity contribution is 6.05. The van der Waals surface area contributed by atoms with E-state index in [1.54, 1.807) is 0 Å². The molecule has 68 valence electrons. The van der Waals surface area contributed by atoms with Gasteiger partial charge < -0.3 is 5.32 Å². The van der Waals surface area contributed by atoms with Gasteiger partial charge in [-0.25, -0.2) is 0 Å². The maximum atomic E-state index is 10.9. The second-order valence-electron chi connectivity index (χ2n) is 2.72. The Labute approximate surface area is 71.7 Å². The minimum absolute atomic E-state index is 0.0903. The first-order valence-electron chi connectivity index (χ1n) is 4.34. The van der Waals surface area contributed by atoms with Crippen molar-refractivity contribution in [2.45, 2.75) is 13.8 Å². The molecule has 2 heterocycles. The van der Waals surface area contributed by atoms with Gasteiger partial charge in [-0.15, -0.1) is 0 Å². The van der Waals surface area contributed by atoms with Gasteiger partial charge in [-0.1, -0.05) is 13.8 Å². The van der Waals surface area contributed by atoms with Crippen LogP contribution in [0, 0.1) is 11.8 Å². The summed E-state index contributed by atoms with van der Waals surface area (Å²) in [5.41, 5.74) is 0. The Balaban J connectivity index is 0.000000336. The minimum Gasteiger partial charge on any atom is -0.315 e. The van der Waals surface area contributed by atoms with Crippen LogP contribution in [0.25, 0.3) is 0 Å². The molecule has 2 unspecified atom stereocenters. The smallest absolute Gasteiger partial charge is 0.231 e. The summed E-state index contributed by atoms with van der Waals surface area (Å²) in [5, 5.41) is 5.30. The van der Waals surface area contributed by atoms with Crippen LogP contribution in [0.5, 0.6) is 0 Å². The lowest BCUT2D eigenvalue weighted by molar-refractivity contribution is -0.126. The quantitative estimate of drug-likeness (QED) is 0.482. The molecule has 0 aromatic carbocycles. The fraction of sp³-hybridized carbons (Fsp3) is 0.750. The van der Waals surface area contributed by atoms with Crippen LogP contribution in [0.2, 0.25) is 0 Å². The maximum absolute atomic E-state index is 10.9. The van der Waals surface area contributed by atoms with Crippen LogP contribution < -0.4 is 10.6 Å². The van der Waals surface area contributed by atoms with Crippen molar-refractivity contribution in [3.05, 3.63) is 0 Å². The predicted molar refractivity (Wildman–Crippen MR) is 44.3 cm³/mol. The van der Waals surface area contributed by atoms with E-state index in [0.717, 1.165) is 0 Å². The van der Waals surface area contributed by atoms with Crippen LogP contribution in [0.15, 0.2) is 0 Å². The first-order valence-corrected chi connectivity index (χ1v) is 4.34. The summed E-state index contributed by atoms with van der Waals surface area (Å²) < 4.78 is 0. The summed E-state index contributed by atoms with van der Waals surface area (Å²) in [6.07, 6.45) is 0. The van der Waals surface area contributed by atoms with E-state index >= 15 is 0 Å². The molecule has 2 aliphatic heterocycles. The molecule has 0 radical (unpaired) electrons. The maximum Gasteiger partial charge on any atom is 0.231 e. The third kappa shape index (κ3) is 1.34. The monoisotopic (exact) mass is 170 g/mol. The van der Waals surface area contributed by atoms with Crippen LogP contribution in [0.4, 0.5) is 0 Å². The minimum atomic E-state index is -0.111. The first kappa shape index (κ1) is 9.19. The van der Waals surface area contributed by atoms with Crippen LogP contribution in [0.1, 0.15) is 13.8 Å². The Morgan fingerprint density at radius 2 is 1.50 bits per heavy atom. The Hall–Kier alpha value is -0.900. The van der Waals surface area contributed by atoms with Gasteiger partial charge >= 0.3 is 0 Å². The number of nitrogens with one attached hydrogen (secondary N) is 2. The lowest BCUT2D eigenvalue weighted by atomic mass is 10.00. The average molecular weight is 170 g/mol. The zero-order valence-electron chi connectivity index (χ0n) is 7.39. The van der Waals surface area contributed by atoms with E-state index in [9.17, 15) is 9.59 Å². The first-order chi connectivity index (χ1) is 5.79. The molecule has 0 aromatic heterocycles. The zero-order chi connectivity index (χ0) is 9.14. The molecule has 2 atom stereocenters. The summed E-state index contributed by atoms with van der Waals surface area (Å²) >= 11 is 0. The molecule has 4 nitrogen and oxygen atoms in total. The van der Waals surface area contributed by atoms with E-state index in [1.165, 1.54) is 0 Å². The summed E-state index contributed by atoms with van der Waals surface area (Å²) in [7, 11) is 0. The van der Waals surface area contributed by atoms with Gasteiger partial charge in [-0.05, 0) is 0 Å². The highest BCUT2D eigenvalue weighted by Crippen LogP contribution is 2.21. The number of fused-ring (bicyclic) bond motifs is 1. The molecule has 2 rings (SSSR count). The Kier molecular flexibility index (Phi) is 2.81. The van der Waals surface area contributed by atoms with Crippen LogP contribution >= 0.6 is 0 Å². The lowest BCUT2D eigenvalue weighted by Crippen LogP contribution is -2.28. The third-order valence-electron chi connectivity index (χ3n) is 2.13. The van der Waals surface area contributed by atoms with E-state index in [0.29, 0.717) is 13.1 Å². The number of imide groups is 1. The van der Waals surface area contributed by atoms with E-state index in [1.807, 2.05) is 13.8 Å². The van der Waals surface area contributed by atoms with Crippen molar-refractivity contribution in [2.75, 3.05) is 13.1 Å². The molecule has 0 spiro atoms. The number of hydrogen-bond acceptors (Lipinski definition) is 3. The van der Waals surface area contributed by atoms with E-state index in [2.05, 4.69) is 10.6 Å². The van der Waals surface area contributed by atoms with Crippen molar-refractivity contribution in [2.24, 2.45) is 11.8 Å². The van der Waals surface area contributed by atoms with Crippen molar-refractivity contribution in [3.8, 4) is 0 Å². The topological polar surface area (TPSA) is 58.2 Å². The molecule has 12 heavy (non-hydrogen) atoms. The van der Waals surface area contributed by atoms with Gasteiger partial charge in [0.2, 0.25) is 11.8 Å². The summed E-state index contributed by atoms with van der Waals surface area (Å²) in [6, 6.07) is 0. The highest BCUT2D eigenvalue weighted by Gasteiger charge is 2.44. The lowest BCUT2D eigenvalue weighted by Gasteiger charge is -1.97. The van der Waals surface area contributed by atoms with E-state index in [4.69, 9.17) is 0 Å². The molecule has 2 aliphatic rings. The number of carbonyl (C=O) groups is 2.